The summed E-state index contributed by atoms with van der Waals surface area (Å²) in [7, 11) is 0. The van der Waals surface area contributed by atoms with Crippen LogP contribution in [0.5, 0.6) is 0 Å². The number of para-hydroxylation sites is 1. The number of aromatic nitrogens is 3. The summed E-state index contributed by atoms with van der Waals surface area (Å²) in [6.07, 6.45) is 0. The zero-order valence-corrected chi connectivity index (χ0v) is 25.1. The van der Waals surface area contributed by atoms with Gasteiger partial charge in [-0.15, -0.1) is 0 Å². The van der Waals surface area contributed by atoms with Gasteiger partial charge in [0, 0.05) is 32.8 Å². The molecule has 0 radical (unpaired) electrons. The molecule has 2 heterocycles. The van der Waals surface area contributed by atoms with Crippen molar-refractivity contribution in [2.75, 3.05) is 0 Å². The van der Waals surface area contributed by atoms with E-state index in [1.54, 1.807) is 24.3 Å². The molecule has 0 saturated heterocycles. The molecular formula is C40H19F5N4. The van der Waals surface area contributed by atoms with Crippen molar-refractivity contribution in [1.29, 1.82) is 0 Å². The van der Waals surface area contributed by atoms with Gasteiger partial charge < -0.3 is 0 Å². The minimum Gasteiger partial charge on any atom is -0.255 e. The Bertz CT molecular complexity index is 2640. The first-order valence-electron chi connectivity index (χ1n) is 15.0. The highest BCUT2D eigenvalue weighted by Crippen LogP contribution is 2.43. The van der Waals surface area contributed by atoms with E-state index in [-0.39, 0.29) is 11.3 Å². The highest BCUT2D eigenvalue weighted by Gasteiger charge is 2.27. The van der Waals surface area contributed by atoms with E-state index >= 15 is 0 Å². The molecule has 0 aliphatic heterocycles. The van der Waals surface area contributed by atoms with Crippen molar-refractivity contribution in [2.45, 2.75) is 0 Å². The lowest BCUT2D eigenvalue weighted by Crippen LogP contribution is -2.04. The van der Waals surface area contributed by atoms with Crippen molar-refractivity contribution in [3.63, 3.8) is 0 Å². The Kier molecular flexibility index (Phi) is 7.07. The average molecular weight is 651 g/mol. The molecule has 8 aromatic rings. The standard InChI is InChI=1S/C40H19F5N4/c1-46-28-20-26-30(40-39(28)48-37(21-11-4-2-5-12-21)38(49-40)22-13-6-3-7-14-22)25-17-8-9-18-27(25)47-36(26)24-16-10-15-23(19-24)29-31(41)33(43)35(45)34(44)32(29)42/h2-20H. The van der Waals surface area contributed by atoms with E-state index in [0.717, 1.165) is 16.5 Å². The first-order valence-corrected chi connectivity index (χ1v) is 15.0. The van der Waals surface area contributed by atoms with Crippen LogP contribution in [0.3, 0.4) is 0 Å². The first kappa shape index (κ1) is 29.8. The summed E-state index contributed by atoms with van der Waals surface area (Å²) >= 11 is 0. The molecule has 9 heteroatoms. The molecule has 234 valence electrons. The van der Waals surface area contributed by atoms with Crippen LogP contribution in [-0.2, 0) is 0 Å². The van der Waals surface area contributed by atoms with Crippen LogP contribution >= 0.6 is 0 Å². The van der Waals surface area contributed by atoms with Crippen LogP contribution in [0.15, 0.2) is 115 Å². The minimum atomic E-state index is -2.23. The number of rotatable bonds is 4. The van der Waals surface area contributed by atoms with Gasteiger partial charge in [0.2, 0.25) is 11.5 Å². The molecule has 0 aliphatic rings. The van der Waals surface area contributed by atoms with E-state index in [9.17, 15) is 22.0 Å². The third-order valence-electron chi connectivity index (χ3n) is 8.44. The van der Waals surface area contributed by atoms with Crippen molar-refractivity contribution in [2.24, 2.45) is 0 Å². The Hall–Kier alpha value is -6.53. The van der Waals surface area contributed by atoms with Gasteiger partial charge in [0.15, 0.2) is 23.3 Å². The Balaban J connectivity index is 1.48. The smallest absolute Gasteiger partial charge is 0.215 e. The lowest BCUT2D eigenvalue weighted by molar-refractivity contribution is 0.381. The monoisotopic (exact) mass is 650 g/mol. The van der Waals surface area contributed by atoms with E-state index in [0.29, 0.717) is 50.0 Å². The molecule has 0 fully saturated rings. The molecule has 0 spiro atoms. The van der Waals surface area contributed by atoms with E-state index in [2.05, 4.69) is 4.85 Å². The largest absolute Gasteiger partial charge is 0.255 e. The molecule has 0 aliphatic carbocycles. The third kappa shape index (κ3) is 4.76. The zero-order valence-electron chi connectivity index (χ0n) is 25.1. The Morgan fingerprint density at radius 2 is 0.980 bits per heavy atom. The van der Waals surface area contributed by atoms with Gasteiger partial charge in [-0.2, -0.15) is 0 Å². The van der Waals surface area contributed by atoms with Crippen LogP contribution in [-0.4, -0.2) is 15.0 Å². The summed E-state index contributed by atoms with van der Waals surface area (Å²) in [5, 5.41) is 1.85. The first-order chi connectivity index (χ1) is 23.9. The molecule has 6 aromatic carbocycles. The predicted octanol–water partition coefficient (Wildman–Crippen LogP) is 11.2. The Morgan fingerprint density at radius 3 is 1.61 bits per heavy atom. The quantitative estimate of drug-likeness (QED) is 0.0626. The Morgan fingerprint density at radius 1 is 0.449 bits per heavy atom. The summed E-state index contributed by atoms with van der Waals surface area (Å²) in [6.45, 7) is 8.13. The second-order valence-corrected chi connectivity index (χ2v) is 11.3. The van der Waals surface area contributed by atoms with E-state index < -0.39 is 34.6 Å². The maximum atomic E-state index is 14.9. The normalized spacial score (nSPS) is 11.3. The second kappa shape index (κ2) is 11.6. The number of benzene rings is 6. The van der Waals surface area contributed by atoms with Gasteiger partial charge in [-0.3, -0.25) is 4.98 Å². The van der Waals surface area contributed by atoms with Crippen molar-refractivity contribution in [3.8, 4) is 44.9 Å². The molecule has 0 amide bonds. The summed E-state index contributed by atoms with van der Waals surface area (Å²) in [4.78, 5) is 19.0. The van der Waals surface area contributed by atoms with Crippen LogP contribution in [0.1, 0.15) is 0 Å². The van der Waals surface area contributed by atoms with Gasteiger partial charge in [-0.1, -0.05) is 97.1 Å². The Labute approximate surface area is 275 Å². The van der Waals surface area contributed by atoms with Crippen molar-refractivity contribution in [1.82, 2.24) is 15.0 Å². The fraction of sp³-hybridized carbons (Fsp3) is 0. The summed E-state index contributed by atoms with van der Waals surface area (Å²) in [5.41, 5.74) is 3.74. The molecule has 4 nitrogen and oxygen atoms in total. The molecule has 0 unspecified atom stereocenters. The summed E-state index contributed by atoms with van der Waals surface area (Å²) in [6, 6.07) is 33.7. The van der Waals surface area contributed by atoms with E-state index in [1.807, 2.05) is 72.8 Å². The molecule has 8 rings (SSSR count). The van der Waals surface area contributed by atoms with Crippen LogP contribution in [0.4, 0.5) is 27.6 Å². The average Bonchev–Trinajstić information content (AvgIpc) is 3.15. The number of hydrogen-bond acceptors (Lipinski definition) is 3. The zero-order chi connectivity index (χ0) is 33.8. The SMILES string of the molecule is [C-]#[N+]c1cc2c(-c3cccc(-c4c(F)c(F)c(F)c(F)c4F)c3)nc3ccccc3c2c2nc(-c3ccccc3)c(-c3ccccc3)nc12. The van der Waals surface area contributed by atoms with Gasteiger partial charge in [-0.05, 0) is 23.8 Å². The highest BCUT2D eigenvalue weighted by atomic mass is 19.2. The van der Waals surface area contributed by atoms with Crippen molar-refractivity contribution < 1.29 is 22.0 Å². The molecule has 2 aromatic heterocycles. The van der Waals surface area contributed by atoms with Gasteiger partial charge in [0.05, 0.1) is 45.8 Å². The van der Waals surface area contributed by atoms with E-state index in [4.69, 9.17) is 21.5 Å². The highest BCUT2D eigenvalue weighted by molar-refractivity contribution is 6.23. The lowest BCUT2D eigenvalue weighted by Gasteiger charge is -2.16. The van der Waals surface area contributed by atoms with Crippen LogP contribution < -0.4 is 0 Å². The number of pyridine rings is 1. The van der Waals surface area contributed by atoms with Gasteiger partial charge in [-0.25, -0.2) is 36.8 Å². The summed E-state index contributed by atoms with van der Waals surface area (Å²) < 4.78 is 72.1. The number of nitrogens with zero attached hydrogens (tertiary/aromatic N) is 4. The number of hydrogen-bond donors (Lipinski definition) is 0. The molecule has 0 saturated carbocycles. The topological polar surface area (TPSA) is 43.0 Å². The maximum absolute atomic E-state index is 14.9. The fourth-order valence-corrected chi connectivity index (χ4v) is 6.20. The third-order valence-corrected chi connectivity index (χ3v) is 8.44. The summed E-state index contributed by atoms with van der Waals surface area (Å²) in [5.74, 6) is -10.2. The molecular weight excluding hydrogens is 631 g/mol. The molecule has 0 bridgehead atoms. The molecule has 0 N–H and O–H groups in total. The predicted molar refractivity (Wildman–Crippen MR) is 180 cm³/mol. The molecule has 49 heavy (non-hydrogen) atoms. The van der Waals surface area contributed by atoms with E-state index in [1.165, 1.54) is 18.2 Å². The van der Waals surface area contributed by atoms with Crippen molar-refractivity contribution in [3.05, 3.63) is 156 Å². The molecule has 0 atom stereocenters. The number of halogens is 5. The van der Waals surface area contributed by atoms with Gasteiger partial charge >= 0.3 is 0 Å². The van der Waals surface area contributed by atoms with Crippen molar-refractivity contribution >= 4 is 38.4 Å². The van der Waals surface area contributed by atoms with Gasteiger partial charge in [0.25, 0.3) is 0 Å². The van der Waals surface area contributed by atoms with Crippen LogP contribution in [0.25, 0.3) is 82.5 Å². The van der Waals surface area contributed by atoms with Crippen LogP contribution in [0, 0.1) is 35.7 Å². The number of fused-ring (bicyclic) bond motifs is 5. The van der Waals surface area contributed by atoms with Crippen LogP contribution in [0.2, 0.25) is 0 Å². The second-order valence-electron chi connectivity index (χ2n) is 11.3. The minimum absolute atomic E-state index is 0.195. The fourth-order valence-electron chi connectivity index (χ4n) is 6.20. The van der Waals surface area contributed by atoms with Gasteiger partial charge in [0.1, 0.15) is 0 Å². The maximum Gasteiger partial charge on any atom is 0.215 e. The lowest BCUT2D eigenvalue weighted by atomic mass is 9.95.